The summed E-state index contributed by atoms with van der Waals surface area (Å²) in [6, 6.07) is -0.982. The average molecular weight is 1100 g/mol. The molecule has 17 unspecified atom stereocenters. The highest BCUT2D eigenvalue weighted by molar-refractivity contribution is 5.76. The van der Waals surface area contributed by atoms with Gasteiger partial charge in [-0.3, -0.25) is 4.79 Å². The summed E-state index contributed by atoms with van der Waals surface area (Å²) in [5, 5.41) is 120. The number of rotatable bonds is 42. The van der Waals surface area contributed by atoms with Crippen molar-refractivity contribution in [3.63, 3.8) is 0 Å². The van der Waals surface area contributed by atoms with Gasteiger partial charge in [0.05, 0.1) is 38.6 Å². The molecule has 3 rings (SSSR count). The Morgan fingerprint density at radius 2 is 0.896 bits per heavy atom. The van der Waals surface area contributed by atoms with Crippen molar-refractivity contribution in [1.82, 2.24) is 5.32 Å². The molecule has 0 bridgehead atoms. The Kier molecular flexibility index (Phi) is 37.4. The van der Waals surface area contributed by atoms with Crippen molar-refractivity contribution in [3.05, 3.63) is 48.6 Å². The number of carbonyl (C=O) groups is 1. The fraction of sp³-hybridized carbons (Fsp3) is 0.845. The lowest BCUT2D eigenvalue weighted by Crippen LogP contribution is -2.66. The maximum Gasteiger partial charge on any atom is 0.220 e. The third-order valence-corrected chi connectivity index (χ3v) is 14.6. The average Bonchev–Trinajstić information content (AvgIpc) is 3.43. The summed E-state index contributed by atoms with van der Waals surface area (Å²) in [7, 11) is 0. The molecule has 0 radical (unpaired) electrons. The normalized spacial score (nSPS) is 31.1. The van der Waals surface area contributed by atoms with Gasteiger partial charge < -0.3 is 89.9 Å². The summed E-state index contributed by atoms with van der Waals surface area (Å²) in [4.78, 5) is 13.3. The summed E-state index contributed by atoms with van der Waals surface area (Å²) in [6.07, 6.45) is 18.0. The lowest BCUT2D eigenvalue weighted by molar-refractivity contribution is -0.379. The Morgan fingerprint density at radius 1 is 0.481 bits per heavy atom. The molecule has 3 fully saturated rings. The number of carbonyl (C=O) groups excluding carboxylic acids is 1. The van der Waals surface area contributed by atoms with E-state index >= 15 is 0 Å². The second-order valence-electron chi connectivity index (χ2n) is 21.1. The van der Waals surface area contributed by atoms with Crippen molar-refractivity contribution in [2.24, 2.45) is 0 Å². The van der Waals surface area contributed by atoms with Crippen LogP contribution in [0.1, 0.15) is 181 Å². The van der Waals surface area contributed by atoms with E-state index in [0.717, 1.165) is 77.0 Å². The molecule has 19 heteroatoms. The van der Waals surface area contributed by atoms with E-state index in [-0.39, 0.29) is 18.9 Å². The number of allylic oxidation sites excluding steroid dienone is 7. The van der Waals surface area contributed by atoms with E-state index in [1.54, 1.807) is 6.08 Å². The highest BCUT2D eigenvalue weighted by Crippen LogP contribution is 2.33. The van der Waals surface area contributed by atoms with Gasteiger partial charge >= 0.3 is 0 Å². The fourth-order valence-electron chi connectivity index (χ4n) is 9.79. The SMILES string of the molecule is CC/C=C\C/C=C\C/C=C\CCCCCCCC(=O)NC(COC1OC(CO)C(OC2OC(CO)C(OC3OC(CO)C(O)C(O)C3O)C(O)C2O)C(O)C1O)C(O)/C=C/CCCCCCCCCCCCCCCCC. The molecule has 3 heterocycles. The van der Waals surface area contributed by atoms with Crippen LogP contribution in [0.3, 0.4) is 0 Å². The van der Waals surface area contributed by atoms with Gasteiger partial charge in [0.25, 0.3) is 0 Å². The second kappa shape index (κ2) is 41.7. The minimum absolute atomic E-state index is 0.222. The molecule has 3 aliphatic rings. The topological polar surface area (TPSA) is 307 Å². The number of amides is 1. The van der Waals surface area contributed by atoms with Gasteiger partial charge in [-0.1, -0.05) is 172 Å². The first-order chi connectivity index (χ1) is 37.3. The molecule has 0 spiro atoms. The van der Waals surface area contributed by atoms with Crippen LogP contribution in [0.25, 0.3) is 0 Å². The molecule has 77 heavy (non-hydrogen) atoms. The molecular weight excluding hydrogens is 999 g/mol. The highest BCUT2D eigenvalue weighted by Gasteiger charge is 2.53. The number of aliphatic hydroxyl groups is 11. The molecule has 3 saturated heterocycles. The zero-order valence-corrected chi connectivity index (χ0v) is 46.4. The molecule has 17 atom stereocenters. The van der Waals surface area contributed by atoms with Crippen molar-refractivity contribution in [2.75, 3.05) is 26.4 Å². The van der Waals surface area contributed by atoms with Gasteiger partial charge in [0.1, 0.15) is 73.2 Å². The van der Waals surface area contributed by atoms with Crippen LogP contribution in [-0.2, 0) is 33.2 Å². The standard InChI is InChI=1S/C58H103NO18/c1-3-5-7-9-11-13-15-17-19-20-22-23-25-27-29-31-33-35-42(63)41(59-46(64)36-34-32-30-28-26-24-21-18-16-14-12-10-8-6-4-2)40-72-56-52(70)49(67)54(44(38-61)74-56)77-58-53(71)50(68)55(45(39-62)75-58)76-57-51(69)48(66)47(65)43(37-60)73-57/h6,8,12,14,18,21,33,35,41-45,47-58,60-63,65-71H,3-5,7,9-11,13,15-17,19-20,22-32,34,36-40H2,1-2H3,(H,59,64)/b8-6-,14-12-,21-18-,35-33+. The Balaban J connectivity index is 1.53. The molecule has 19 nitrogen and oxygen atoms in total. The van der Waals surface area contributed by atoms with E-state index in [1.165, 1.54) is 77.0 Å². The quantitative estimate of drug-likeness (QED) is 0.0291. The number of hydrogen-bond acceptors (Lipinski definition) is 18. The van der Waals surface area contributed by atoms with Gasteiger partial charge in [0, 0.05) is 6.42 Å². The van der Waals surface area contributed by atoms with Crippen molar-refractivity contribution >= 4 is 5.91 Å². The van der Waals surface area contributed by atoms with Gasteiger partial charge in [0.15, 0.2) is 18.9 Å². The largest absolute Gasteiger partial charge is 0.394 e. The van der Waals surface area contributed by atoms with Crippen LogP contribution < -0.4 is 5.32 Å². The Bertz CT molecular complexity index is 1600. The Labute approximate surface area is 459 Å². The number of aliphatic hydroxyl groups excluding tert-OH is 11. The van der Waals surface area contributed by atoms with E-state index < -0.39 is 124 Å². The highest BCUT2D eigenvalue weighted by atomic mass is 16.8. The zero-order chi connectivity index (χ0) is 56.2. The first-order valence-corrected chi connectivity index (χ1v) is 29.4. The maximum absolute atomic E-state index is 13.3. The lowest BCUT2D eigenvalue weighted by atomic mass is 9.96. The van der Waals surface area contributed by atoms with E-state index in [1.807, 2.05) is 6.08 Å². The zero-order valence-electron chi connectivity index (χ0n) is 46.4. The first kappa shape index (κ1) is 69.0. The van der Waals surface area contributed by atoms with Gasteiger partial charge in [-0.2, -0.15) is 0 Å². The van der Waals surface area contributed by atoms with Crippen molar-refractivity contribution in [3.8, 4) is 0 Å². The predicted octanol–water partition coefficient (Wildman–Crippen LogP) is 4.70. The molecular formula is C58H103NO18. The minimum atomic E-state index is -1.98. The van der Waals surface area contributed by atoms with Gasteiger partial charge in [-0.15, -0.1) is 0 Å². The summed E-state index contributed by atoms with van der Waals surface area (Å²) in [5.41, 5.74) is 0. The van der Waals surface area contributed by atoms with Gasteiger partial charge in [-0.05, 0) is 51.4 Å². The fourth-order valence-corrected chi connectivity index (χ4v) is 9.79. The summed E-state index contributed by atoms with van der Waals surface area (Å²) in [5.74, 6) is -0.295. The second-order valence-corrected chi connectivity index (χ2v) is 21.1. The van der Waals surface area contributed by atoms with Crippen molar-refractivity contribution < 1.29 is 89.4 Å². The van der Waals surface area contributed by atoms with Gasteiger partial charge in [-0.25, -0.2) is 0 Å². The number of hydrogen-bond donors (Lipinski definition) is 12. The van der Waals surface area contributed by atoms with Crippen LogP contribution in [0.5, 0.6) is 0 Å². The van der Waals surface area contributed by atoms with Crippen LogP contribution in [-0.4, -0.2) is 193 Å². The molecule has 0 aromatic rings. The van der Waals surface area contributed by atoms with Gasteiger partial charge in [0.2, 0.25) is 5.91 Å². The monoisotopic (exact) mass is 1100 g/mol. The number of nitrogens with one attached hydrogen (secondary N) is 1. The molecule has 0 aromatic heterocycles. The summed E-state index contributed by atoms with van der Waals surface area (Å²) >= 11 is 0. The van der Waals surface area contributed by atoms with E-state index in [2.05, 4.69) is 55.6 Å². The lowest BCUT2D eigenvalue weighted by Gasteiger charge is -2.48. The first-order valence-electron chi connectivity index (χ1n) is 29.4. The Morgan fingerprint density at radius 3 is 1.40 bits per heavy atom. The van der Waals surface area contributed by atoms with E-state index in [4.69, 9.17) is 28.4 Å². The van der Waals surface area contributed by atoms with Crippen LogP contribution in [0, 0.1) is 0 Å². The van der Waals surface area contributed by atoms with Crippen LogP contribution in [0.4, 0.5) is 0 Å². The predicted molar refractivity (Wildman–Crippen MR) is 291 cm³/mol. The molecule has 12 N–H and O–H groups in total. The number of ether oxygens (including phenoxy) is 6. The molecule has 0 aromatic carbocycles. The van der Waals surface area contributed by atoms with E-state index in [0.29, 0.717) is 6.42 Å². The van der Waals surface area contributed by atoms with E-state index in [9.17, 15) is 61.0 Å². The van der Waals surface area contributed by atoms with Crippen LogP contribution >= 0.6 is 0 Å². The minimum Gasteiger partial charge on any atom is -0.394 e. The summed E-state index contributed by atoms with van der Waals surface area (Å²) < 4.78 is 34.2. The third kappa shape index (κ3) is 26.0. The van der Waals surface area contributed by atoms with Crippen LogP contribution in [0.15, 0.2) is 48.6 Å². The smallest absolute Gasteiger partial charge is 0.220 e. The molecule has 448 valence electrons. The van der Waals surface area contributed by atoms with Crippen LogP contribution in [0.2, 0.25) is 0 Å². The Hall–Kier alpha value is -2.25. The van der Waals surface area contributed by atoms with Crippen molar-refractivity contribution in [1.29, 1.82) is 0 Å². The third-order valence-electron chi connectivity index (χ3n) is 14.6. The maximum atomic E-state index is 13.3. The summed E-state index contributed by atoms with van der Waals surface area (Å²) in [6.45, 7) is 1.58. The molecule has 1 amide bonds. The number of unbranched alkanes of at least 4 members (excludes halogenated alkanes) is 20. The van der Waals surface area contributed by atoms with Crippen molar-refractivity contribution in [2.45, 2.75) is 285 Å². The molecule has 0 aliphatic carbocycles. The molecule has 0 saturated carbocycles. The molecule has 3 aliphatic heterocycles.